The lowest BCUT2D eigenvalue weighted by Gasteiger charge is -2.32. The van der Waals surface area contributed by atoms with Gasteiger partial charge in [0.05, 0.1) is 18.2 Å². The fourth-order valence-electron chi connectivity index (χ4n) is 3.45. The van der Waals surface area contributed by atoms with Crippen molar-refractivity contribution in [2.24, 2.45) is 0 Å². The van der Waals surface area contributed by atoms with E-state index >= 15 is 0 Å². The van der Waals surface area contributed by atoms with E-state index in [1.807, 2.05) is 43.3 Å². The third-order valence-electron chi connectivity index (χ3n) is 4.81. The molecule has 0 saturated carbocycles. The molecule has 0 aliphatic carbocycles. The molecule has 2 aromatic rings. The van der Waals surface area contributed by atoms with E-state index in [-0.39, 0.29) is 11.3 Å². The normalized spacial score (nSPS) is 19.2. The molecule has 2 heterocycles. The summed E-state index contributed by atoms with van der Waals surface area (Å²) in [6, 6.07) is 15.4. The monoisotopic (exact) mass is 397 g/mol. The Kier molecular flexibility index (Phi) is 5.92. The van der Waals surface area contributed by atoms with Crippen molar-refractivity contribution in [3.05, 3.63) is 59.3 Å². The van der Waals surface area contributed by atoms with Crippen LogP contribution < -0.4 is 0 Å². The Morgan fingerprint density at radius 1 is 1.39 bits per heavy atom. The van der Waals surface area contributed by atoms with Gasteiger partial charge < -0.3 is 9.84 Å². The highest BCUT2D eigenvalue weighted by Crippen LogP contribution is 2.42. The van der Waals surface area contributed by atoms with Gasteiger partial charge in [-0.1, -0.05) is 42.1 Å². The largest absolute Gasteiger partial charge is 0.465 e. The molecular weight excluding hydrogens is 374 g/mol. The van der Waals surface area contributed by atoms with Crippen LogP contribution in [0.1, 0.15) is 42.3 Å². The van der Waals surface area contributed by atoms with E-state index in [0.29, 0.717) is 23.6 Å². The zero-order chi connectivity index (χ0) is 20.3. The molecule has 0 spiro atoms. The maximum Gasteiger partial charge on any atom is 0.409 e. The first kappa shape index (κ1) is 20.2. The molecule has 3 rings (SSSR count). The summed E-state index contributed by atoms with van der Waals surface area (Å²) in [4.78, 5) is 17.8. The highest BCUT2D eigenvalue weighted by atomic mass is 32.2. The molecule has 1 saturated heterocycles. The number of nitrogens with zero attached hydrogens (tertiary/aromatic N) is 3. The van der Waals surface area contributed by atoms with E-state index in [2.05, 4.69) is 11.1 Å². The van der Waals surface area contributed by atoms with Crippen molar-refractivity contribution in [3.63, 3.8) is 0 Å². The van der Waals surface area contributed by atoms with Gasteiger partial charge in [-0.25, -0.2) is 9.78 Å². The third-order valence-corrected chi connectivity index (χ3v) is 6.10. The molecule has 1 aliphatic heterocycles. The van der Waals surface area contributed by atoms with Gasteiger partial charge in [0.2, 0.25) is 0 Å². The fourth-order valence-corrected chi connectivity index (χ4v) is 4.77. The average Bonchev–Trinajstić information content (AvgIpc) is 2.96. The predicted octanol–water partition coefficient (Wildman–Crippen LogP) is 4.60. The molecular formula is C21H23N3O3S. The summed E-state index contributed by atoms with van der Waals surface area (Å²) in [7, 11) is 0. The minimum Gasteiger partial charge on any atom is -0.465 e. The first-order chi connectivity index (χ1) is 13.3. The molecule has 146 valence electrons. The van der Waals surface area contributed by atoms with Crippen LogP contribution in [0, 0.1) is 18.3 Å². The van der Waals surface area contributed by atoms with Crippen LogP contribution in [0.4, 0.5) is 4.79 Å². The minimum absolute atomic E-state index is 0.0630. The standard InChI is InChI=1S/C21H23N3O3S/c1-14-9-10-16(12-22)19(23-14)28-18(15-7-5-4-6-8-15)11-17-13-27-21(2,3)24(17)20(25)26/h4-10,17-18H,11,13H2,1-3H3,(H,25,26)/t17-,18+/m0/s1. The second-order valence-electron chi connectivity index (χ2n) is 7.23. The molecule has 28 heavy (non-hydrogen) atoms. The molecule has 1 aliphatic rings. The van der Waals surface area contributed by atoms with Crippen molar-refractivity contribution in [3.8, 4) is 6.07 Å². The van der Waals surface area contributed by atoms with Gasteiger partial charge in [0.25, 0.3) is 0 Å². The highest BCUT2D eigenvalue weighted by molar-refractivity contribution is 7.99. The van der Waals surface area contributed by atoms with E-state index < -0.39 is 11.8 Å². The van der Waals surface area contributed by atoms with Crippen molar-refractivity contribution < 1.29 is 14.6 Å². The number of thioether (sulfide) groups is 1. The SMILES string of the molecule is Cc1ccc(C#N)c(S[C@H](C[C@H]2COC(C)(C)N2C(=O)O)c2ccccc2)n1. The summed E-state index contributed by atoms with van der Waals surface area (Å²) >= 11 is 1.50. The van der Waals surface area contributed by atoms with Crippen LogP contribution in [-0.2, 0) is 4.74 Å². The van der Waals surface area contributed by atoms with Crippen LogP contribution in [0.5, 0.6) is 0 Å². The number of nitriles is 1. The van der Waals surface area contributed by atoms with Crippen LogP contribution in [0.3, 0.4) is 0 Å². The maximum atomic E-state index is 11.8. The van der Waals surface area contributed by atoms with Gasteiger partial charge in [-0.3, -0.25) is 4.90 Å². The van der Waals surface area contributed by atoms with Crippen molar-refractivity contribution in [1.29, 1.82) is 5.26 Å². The zero-order valence-electron chi connectivity index (χ0n) is 16.1. The molecule has 1 fully saturated rings. The quantitative estimate of drug-likeness (QED) is 0.742. The number of pyridine rings is 1. The van der Waals surface area contributed by atoms with E-state index in [0.717, 1.165) is 11.3 Å². The van der Waals surface area contributed by atoms with E-state index in [9.17, 15) is 15.2 Å². The number of ether oxygens (including phenoxy) is 1. The second kappa shape index (κ2) is 8.21. The van der Waals surface area contributed by atoms with Gasteiger partial charge >= 0.3 is 6.09 Å². The molecule has 0 unspecified atom stereocenters. The molecule has 1 amide bonds. The average molecular weight is 398 g/mol. The molecule has 1 aromatic heterocycles. The molecule has 0 bridgehead atoms. The van der Waals surface area contributed by atoms with Crippen LogP contribution in [0.15, 0.2) is 47.5 Å². The lowest BCUT2D eigenvalue weighted by molar-refractivity contribution is -0.0421. The Hall–Kier alpha value is -2.56. The summed E-state index contributed by atoms with van der Waals surface area (Å²) < 4.78 is 5.75. The molecule has 2 atom stereocenters. The number of aryl methyl sites for hydroxylation is 1. The van der Waals surface area contributed by atoms with Gasteiger partial charge in [0, 0.05) is 10.9 Å². The first-order valence-electron chi connectivity index (χ1n) is 9.07. The number of rotatable bonds is 5. The summed E-state index contributed by atoms with van der Waals surface area (Å²) in [5.74, 6) is 0. The smallest absolute Gasteiger partial charge is 0.409 e. The Bertz CT molecular complexity index is 896. The predicted molar refractivity (Wildman–Crippen MR) is 107 cm³/mol. The second-order valence-corrected chi connectivity index (χ2v) is 8.43. The van der Waals surface area contributed by atoms with Gasteiger partial charge in [-0.15, -0.1) is 0 Å². The Morgan fingerprint density at radius 3 is 2.75 bits per heavy atom. The number of carbonyl (C=O) groups is 1. The van der Waals surface area contributed by atoms with E-state index in [4.69, 9.17) is 4.74 Å². The molecule has 6 nitrogen and oxygen atoms in total. The summed E-state index contributed by atoms with van der Waals surface area (Å²) in [6.07, 6.45) is -0.430. The summed E-state index contributed by atoms with van der Waals surface area (Å²) in [5, 5.41) is 19.7. The van der Waals surface area contributed by atoms with E-state index in [1.165, 1.54) is 16.7 Å². The van der Waals surface area contributed by atoms with Gasteiger partial charge in [0.1, 0.15) is 16.8 Å². The lowest BCUT2D eigenvalue weighted by Crippen LogP contribution is -2.47. The number of aromatic nitrogens is 1. The topological polar surface area (TPSA) is 86.5 Å². The van der Waals surface area contributed by atoms with Crippen LogP contribution >= 0.6 is 11.8 Å². The van der Waals surface area contributed by atoms with Gasteiger partial charge in [0.15, 0.2) is 0 Å². The van der Waals surface area contributed by atoms with E-state index in [1.54, 1.807) is 19.9 Å². The van der Waals surface area contributed by atoms with Crippen LogP contribution in [0.25, 0.3) is 0 Å². The molecule has 7 heteroatoms. The number of benzene rings is 1. The van der Waals surface area contributed by atoms with Crippen LogP contribution in [0.2, 0.25) is 0 Å². The number of carboxylic acid groups (broad SMARTS) is 1. The van der Waals surface area contributed by atoms with Gasteiger partial charge in [-0.05, 0) is 44.9 Å². The van der Waals surface area contributed by atoms with Crippen molar-refractivity contribution >= 4 is 17.9 Å². The summed E-state index contributed by atoms with van der Waals surface area (Å²) in [5.41, 5.74) is 1.57. The Labute approximate surface area is 169 Å². The maximum absolute atomic E-state index is 11.8. The lowest BCUT2D eigenvalue weighted by atomic mass is 10.0. The molecule has 1 N–H and O–H groups in total. The fraction of sp³-hybridized carbons (Fsp3) is 0.381. The van der Waals surface area contributed by atoms with Crippen LogP contribution in [-0.4, -0.2) is 39.5 Å². The number of hydrogen-bond donors (Lipinski definition) is 1. The minimum atomic E-state index is -0.990. The first-order valence-corrected chi connectivity index (χ1v) is 9.95. The Morgan fingerprint density at radius 2 is 2.11 bits per heavy atom. The molecule has 1 aromatic carbocycles. The number of amides is 1. The third kappa shape index (κ3) is 4.29. The van der Waals surface area contributed by atoms with Crippen molar-refractivity contribution in [1.82, 2.24) is 9.88 Å². The molecule has 0 radical (unpaired) electrons. The van der Waals surface area contributed by atoms with Crippen molar-refractivity contribution in [2.45, 2.75) is 49.2 Å². The highest BCUT2D eigenvalue weighted by Gasteiger charge is 2.44. The van der Waals surface area contributed by atoms with Crippen molar-refractivity contribution in [2.75, 3.05) is 6.61 Å². The number of hydrogen-bond acceptors (Lipinski definition) is 5. The van der Waals surface area contributed by atoms with Gasteiger partial charge in [-0.2, -0.15) is 5.26 Å². The summed E-state index contributed by atoms with van der Waals surface area (Å²) in [6.45, 7) is 5.77. The Balaban J connectivity index is 1.92. The zero-order valence-corrected chi connectivity index (χ0v) is 16.9.